The van der Waals surface area contributed by atoms with Crippen LogP contribution in [0, 0.1) is 5.92 Å². The lowest BCUT2D eigenvalue weighted by Crippen LogP contribution is -2.14. The lowest BCUT2D eigenvalue weighted by molar-refractivity contribution is 0.555. The number of aromatic nitrogens is 1. The van der Waals surface area contributed by atoms with E-state index in [-0.39, 0.29) is 5.41 Å². The molecular weight excluding hydrogens is 192 g/mol. The second kappa shape index (κ2) is 3.89. The number of hydrogen-bond acceptors (Lipinski definition) is 3. The second-order valence-corrected chi connectivity index (χ2v) is 6.29. The van der Waals surface area contributed by atoms with E-state index < -0.39 is 0 Å². The zero-order valence-corrected chi connectivity index (χ0v) is 10.5. The van der Waals surface area contributed by atoms with Crippen LogP contribution in [0.5, 0.6) is 0 Å². The number of nitrogens with two attached hydrogens (primary N) is 1. The first-order valence-corrected chi connectivity index (χ1v) is 5.88. The molecule has 0 amide bonds. The van der Waals surface area contributed by atoms with Crippen LogP contribution in [0.2, 0.25) is 0 Å². The summed E-state index contributed by atoms with van der Waals surface area (Å²) < 4.78 is 0. The highest BCUT2D eigenvalue weighted by Crippen LogP contribution is 2.32. The van der Waals surface area contributed by atoms with Crippen LogP contribution in [0.25, 0.3) is 0 Å². The highest BCUT2D eigenvalue weighted by Gasteiger charge is 2.22. The molecule has 1 aromatic heterocycles. The zero-order valence-electron chi connectivity index (χ0n) is 9.72. The van der Waals surface area contributed by atoms with Gasteiger partial charge in [0.05, 0.1) is 5.69 Å². The summed E-state index contributed by atoms with van der Waals surface area (Å²) in [5.74, 6) is 0.663. The van der Waals surface area contributed by atoms with Gasteiger partial charge >= 0.3 is 0 Å². The SMILES string of the molecule is CC(C)Cc1sc(N)nc1C(C)(C)C. The molecule has 0 fully saturated rings. The molecule has 2 N–H and O–H groups in total. The summed E-state index contributed by atoms with van der Waals surface area (Å²) in [6.07, 6.45) is 1.08. The summed E-state index contributed by atoms with van der Waals surface area (Å²) in [4.78, 5) is 5.78. The van der Waals surface area contributed by atoms with Gasteiger partial charge in [0.1, 0.15) is 0 Å². The van der Waals surface area contributed by atoms with Gasteiger partial charge in [0.25, 0.3) is 0 Å². The van der Waals surface area contributed by atoms with Crippen LogP contribution in [0.15, 0.2) is 0 Å². The van der Waals surface area contributed by atoms with Crippen LogP contribution >= 0.6 is 11.3 Å². The monoisotopic (exact) mass is 212 g/mol. The van der Waals surface area contributed by atoms with Crippen LogP contribution in [0.1, 0.15) is 45.2 Å². The summed E-state index contributed by atoms with van der Waals surface area (Å²) in [7, 11) is 0. The topological polar surface area (TPSA) is 38.9 Å². The van der Waals surface area contributed by atoms with E-state index in [0.29, 0.717) is 11.0 Å². The third-order valence-electron chi connectivity index (χ3n) is 2.02. The molecule has 3 heteroatoms. The molecule has 0 bridgehead atoms. The zero-order chi connectivity index (χ0) is 10.9. The molecular formula is C11H20N2S. The number of hydrogen-bond donors (Lipinski definition) is 1. The first kappa shape index (κ1) is 11.5. The molecule has 1 rings (SSSR count). The van der Waals surface area contributed by atoms with Crippen molar-refractivity contribution < 1.29 is 0 Å². The van der Waals surface area contributed by atoms with Gasteiger partial charge < -0.3 is 5.73 Å². The minimum Gasteiger partial charge on any atom is -0.375 e. The molecule has 0 aliphatic heterocycles. The highest BCUT2D eigenvalue weighted by atomic mass is 32.1. The van der Waals surface area contributed by atoms with Gasteiger partial charge in [0, 0.05) is 10.3 Å². The second-order valence-electron chi connectivity index (χ2n) is 5.17. The van der Waals surface area contributed by atoms with Crippen molar-refractivity contribution in [1.29, 1.82) is 0 Å². The summed E-state index contributed by atoms with van der Waals surface area (Å²) in [5.41, 5.74) is 7.04. The largest absolute Gasteiger partial charge is 0.375 e. The van der Waals surface area contributed by atoms with Gasteiger partial charge in [0.15, 0.2) is 5.13 Å². The maximum Gasteiger partial charge on any atom is 0.180 e. The van der Waals surface area contributed by atoms with Crippen LogP contribution < -0.4 is 5.73 Å². The maximum atomic E-state index is 5.76. The number of thiazole rings is 1. The lowest BCUT2D eigenvalue weighted by Gasteiger charge is -2.18. The number of rotatable bonds is 2. The van der Waals surface area contributed by atoms with E-state index in [1.807, 2.05) is 0 Å². The van der Waals surface area contributed by atoms with Crippen molar-refractivity contribution in [3.8, 4) is 0 Å². The first-order valence-electron chi connectivity index (χ1n) is 5.06. The average molecular weight is 212 g/mol. The van der Waals surface area contributed by atoms with Gasteiger partial charge in [-0.3, -0.25) is 0 Å². The predicted octanol–water partition coefficient (Wildman–Crippen LogP) is 3.22. The standard InChI is InChI=1S/C11H20N2S/c1-7(2)6-8-9(11(3,4)5)13-10(12)14-8/h7H,6H2,1-5H3,(H2,12,13). The Morgan fingerprint density at radius 3 is 2.36 bits per heavy atom. The number of anilines is 1. The molecule has 0 spiro atoms. The summed E-state index contributed by atoms with van der Waals surface area (Å²) >= 11 is 1.64. The molecule has 14 heavy (non-hydrogen) atoms. The normalized spacial score (nSPS) is 12.4. The lowest BCUT2D eigenvalue weighted by atomic mass is 9.90. The Morgan fingerprint density at radius 1 is 1.36 bits per heavy atom. The maximum absolute atomic E-state index is 5.76. The fourth-order valence-corrected chi connectivity index (χ4v) is 2.72. The summed E-state index contributed by atoms with van der Waals surface area (Å²) in [6.45, 7) is 11.0. The van der Waals surface area contributed by atoms with Crippen molar-refractivity contribution in [2.45, 2.75) is 46.5 Å². The molecule has 1 heterocycles. The Morgan fingerprint density at radius 2 is 1.93 bits per heavy atom. The van der Waals surface area contributed by atoms with Gasteiger partial charge in [0.2, 0.25) is 0 Å². The van der Waals surface area contributed by atoms with E-state index in [1.54, 1.807) is 11.3 Å². The molecule has 0 aliphatic rings. The molecule has 0 radical (unpaired) electrons. The molecule has 80 valence electrons. The molecule has 0 aromatic carbocycles. The van der Waals surface area contributed by atoms with Crippen molar-refractivity contribution >= 4 is 16.5 Å². The quantitative estimate of drug-likeness (QED) is 0.817. The van der Waals surface area contributed by atoms with Crippen LogP contribution in [0.4, 0.5) is 5.13 Å². The Hall–Kier alpha value is -0.570. The Bertz CT molecular complexity index is 308. The summed E-state index contributed by atoms with van der Waals surface area (Å²) in [5, 5.41) is 0.700. The van der Waals surface area contributed by atoms with Crippen LogP contribution in [-0.4, -0.2) is 4.98 Å². The van der Waals surface area contributed by atoms with Crippen molar-refractivity contribution in [2.24, 2.45) is 5.92 Å². The minimum absolute atomic E-state index is 0.109. The van der Waals surface area contributed by atoms with Gasteiger partial charge in [-0.2, -0.15) is 0 Å². The third-order valence-corrected chi connectivity index (χ3v) is 2.92. The van der Waals surface area contributed by atoms with E-state index in [0.717, 1.165) is 6.42 Å². The van der Waals surface area contributed by atoms with Crippen molar-refractivity contribution in [3.05, 3.63) is 10.6 Å². The number of nitrogen functional groups attached to an aromatic ring is 1. The average Bonchev–Trinajstić information content (AvgIpc) is 2.28. The fraction of sp³-hybridized carbons (Fsp3) is 0.727. The Labute approximate surface area is 90.6 Å². The van der Waals surface area contributed by atoms with E-state index in [1.165, 1.54) is 10.6 Å². The minimum atomic E-state index is 0.109. The van der Waals surface area contributed by atoms with Gasteiger partial charge in [-0.15, -0.1) is 11.3 Å². The third kappa shape index (κ3) is 2.71. The van der Waals surface area contributed by atoms with Crippen molar-refractivity contribution in [2.75, 3.05) is 5.73 Å². The Balaban J connectivity index is 3.03. The van der Waals surface area contributed by atoms with E-state index in [9.17, 15) is 0 Å². The molecule has 0 atom stereocenters. The molecule has 1 aromatic rings. The molecule has 0 unspecified atom stereocenters. The molecule has 0 saturated carbocycles. The smallest absolute Gasteiger partial charge is 0.180 e. The molecule has 0 saturated heterocycles. The highest BCUT2D eigenvalue weighted by molar-refractivity contribution is 7.15. The van der Waals surface area contributed by atoms with Crippen molar-refractivity contribution in [3.63, 3.8) is 0 Å². The molecule has 2 nitrogen and oxygen atoms in total. The van der Waals surface area contributed by atoms with Gasteiger partial charge in [-0.05, 0) is 12.3 Å². The van der Waals surface area contributed by atoms with E-state index in [4.69, 9.17) is 5.73 Å². The van der Waals surface area contributed by atoms with Gasteiger partial charge in [-0.25, -0.2) is 4.98 Å². The first-order chi connectivity index (χ1) is 6.30. The predicted molar refractivity (Wildman–Crippen MR) is 63.8 cm³/mol. The molecule has 0 aliphatic carbocycles. The number of nitrogens with zero attached hydrogens (tertiary/aromatic N) is 1. The summed E-state index contributed by atoms with van der Waals surface area (Å²) in [6, 6.07) is 0. The fourth-order valence-electron chi connectivity index (χ4n) is 1.47. The van der Waals surface area contributed by atoms with E-state index in [2.05, 4.69) is 39.6 Å². The van der Waals surface area contributed by atoms with E-state index >= 15 is 0 Å². The Kier molecular flexibility index (Phi) is 3.20. The van der Waals surface area contributed by atoms with Gasteiger partial charge in [-0.1, -0.05) is 34.6 Å². The van der Waals surface area contributed by atoms with Crippen LogP contribution in [0.3, 0.4) is 0 Å². The van der Waals surface area contributed by atoms with Crippen molar-refractivity contribution in [1.82, 2.24) is 4.98 Å². The van der Waals surface area contributed by atoms with Crippen LogP contribution in [-0.2, 0) is 11.8 Å².